The Morgan fingerprint density at radius 1 is 1.13 bits per heavy atom. The first-order valence-corrected chi connectivity index (χ1v) is 8.47. The van der Waals surface area contributed by atoms with Crippen LogP contribution in [0.2, 0.25) is 5.02 Å². The van der Waals surface area contributed by atoms with Crippen molar-refractivity contribution < 1.29 is 4.79 Å². The minimum absolute atomic E-state index is 0.0201. The molecule has 1 aromatic carbocycles. The molecule has 0 saturated carbocycles. The lowest BCUT2D eigenvalue weighted by Crippen LogP contribution is -2.24. The molecule has 116 valence electrons. The molecular formula is C18H15ClN2OS. The number of benzene rings is 1. The zero-order valence-electron chi connectivity index (χ0n) is 12.3. The van der Waals surface area contributed by atoms with Crippen molar-refractivity contribution >= 4 is 28.8 Å². The first-order chi connectivity index (χ1) is 11.2. The monoisotopic (exact) mass is 342 g/mol. The summed E-state index contributed by atoms with van der Waals surface area (Å²) in [5.74, 6) is -0.0201. The number of carbonyl (C=O) groups excluding carboxylic acids is 1. The average molecular weight is 343 g/mol. The molecule has 2 aromatic heterocycles. The Morgan fingerprint density at radius 3 is 2.70 bits per heavy atom. The number of aromatic nitrogens is 1. The third-order valence-electron chi connectivity index (χ3n) is 3.40. The van der Waals surface area contributed by atoms with E-state index >= 15 is 0 Å². The molecule has 0 aliphatic heterocycles. The summed E-state index contributed by atoms with van der Waals surface area (Å²) >= 11 is 7.49. The van der Waals surface area contributed by atoms with Gasteiger partial charge >= 0.3 is 0 Å². The van der Waals surface area contributed by atoms with Gasteiger partial charge in [-0.1, -0.05) is 35.9 Å². The van der Waals surface area contributed by atoms with Gasteiger partial charge in [-0.05, 0) is 40.8 Å². The van der Waals surface area contributed by atoms with Gasteiger partial charge in [0.2, 0.25) is 5.91 Å². The molecule has 5 heteroatoms. The second-order valence-electron chi connectivity index (χ2n) is 5.07. The molecule has 0 aliphatic rings. The van der Waals surface area contributed by atoms with Gasteiger partial charge in [-0.2, -0.15) is 0 Å². The highest BCUT2D eigenvalue weighted by atomic mass is 35.5. The Morgan fingerprint density at radius 2 is 1.96 bits per heavy atom. The minimum atomic E-state index is -0.0201. The van der Waals surface area contributed by atoms with E-state index in [1.165, 1.54) is 0 Å². The first-order valence-electron chi connectivity index (χ1n) is 7.21. The Kier molecular flexibility index (Phi) is 5.05. The molecule has 0 aliphatic carbocycles. The van der Waals surface area contributed by atoms with Crippen LogP contribution in [0.15, 0.2) is 60.1 Å². The van der Waals surface area contributed by atoms with E-state index in [1.54, 1.807) is 29.7 Å². The summed E-state index contributed by atoms with van der Waals surface area (Å²) in [6.45, 7) is 0.466. The van der Waals surface area contributed by atoms with Crippen molar-refractivity contribution in [3.05, 3.63) is 76.3 Å². The number of rotatable bonds is 5. The molecule has 0 saturated heterocycles. The topological polar surface area (TPSA) is 42.0 Å². The largest absolute Gasteiger partial charge is 0.352 e. The maximum Gasteiger partial charge on any atom is 0.224 e. The van der Waals surface area contributed by atoms with Crippen LogP contribution in [0.1, 0.15) is 11.1 Å². The Labute approximate surface area is 144 Å². The van der Waals surface area contributed by atoms with Crippen LogP contribution in [0.3, 0.4) is 0 Å². The van der Waals surface area contributed by atoms with E-state index in [-0.39, 0.29) is 5.91 Å². The third kappa shape index (κ3) is 4.18. The van der Waals surface area contributed by atoms with Crippen LogP contribution in [-0.2, 0) is 17.8 Å². The van der Waals surface area contributed by atoms with Gasteiger partial charge in [0.1, 0.15) is 0 Å². The standard InChI is InChI=1S/C18H15ClN2OS/c19-15-7-5-13(6-8-15)11-17(22)21-12-14-3-1-9-20-18(14)16-4-2-10-23-16/h1-10H,11-12H2,(H,21,22). The quantitative estimate of drug-likeness (QED) is 0.750. The Hall–Kier alpha value is -2.17. The lowest BCUT2D eigenvalue weighted by atomic mass is 10.1. The van der Waals surface area contributed by atoms with Crippen molar-refractivity contribution in [2.45, 2.75) is 13.0 Å². The molecule has 0 fully saturated rings. The molecule has 0 unspecified atom stereocenters. The van der Waals surface area contributed by atoms with Gasteiger partial charge in [-0.15, -0.1) is 11.3 Å². The Bertz CT molecular complexity index is 785. The van der Waals surface area contributed by atoms with Crippen LogP contribution in [0.25, 0.3) is 10.6 Å². The number of nitrogens with one attached hydrogen (secondary N) is 1. The van der Waals surface area contributed by atoms with Gasteiger partial charge < -0.3 is 5.32 Å². The fourth-order valence-electron chi connectivity index (χ4n) is 2.26. The first kappa shape index (κ1) is 15.7. The molecule has 23 heavy (non-hydrogen) atoms. The highest BCUT2D eigenvalue weighted by Gasteiger charge is 2.09. The zero-order chi connectivity index (χ0) is 16.1. The number of halogens is 1. The molecule has 3 rings (SSSR count). The van der Waals surface area contributed by atoms with E-state index in [0.717, 1.165) is 21.7 Å². The fourth-order valence-corrected chi connectivity index (χ4v) is 3.14. The maximum absolute atomic E-state index is 12.1. The number of thiophene rings is 1. The number of hydrogen-bond acceptors (Lipinski definition) is 3. The van der Waals surface area contributed by atoms with E-state index in [9.17, 15) is 4.79 Å². The van der Waals surface area contributed by atoms with E-state index in [4.69, 9.17) is 11.6 Å². The summed E-state index contributed by atoms with van der Waals surface area (Å²) < 4.78 is 0. The van der Waals surface area contributed by atoms with E-state index in [1.807, 2.05) is 41.8 Å². The average Bonchev–Trinajstić information content (AvgIpc) is 3.10. The van der Waals surface area contributed by atoms with E-state index in [0.29, 0.717) is 18.0 Å². The van der Waals surface area contributed by atoms with Gasteiger partial charge in [0.15, 0.2) is 0 Å². The predicted molar refractivity (Wildman–Crippen MR) is 94.6 cm³/mol. The number of hydrogen-bond donors (Lipinski definition) is 1. The molecule has 0 radical (unpaired) electrons. The van der Waals surface area contributed by atoms with Crippen molar-refractivity contribution in [3.8, 4) is 10.6 Å². The summed E-state index contributed by atoms with van der Waals surface area (Å²) in [6, 6.07) is 15.2. The molecule has 2 heterocycles. The van der Waals surface area contributed by atoms with Gasteiger partial charge in [0.25, 0.3) is 0 Å². The van der Waals surface area contributed by atoms with Crippen LogP contribution in [0.5, 0.6) is 0 Å². The van der Waals surface area contributed by atoms with Gasteiger partial charge in [0.05, 0.1) is 17.0 Å². The highest BCUT2D eigenvalue weighted by molar-refractivity contribution is 7.13. The van der Waals surface area contributed by atoms with Crippen LogP contribution >= 0.6 is 22.9 Å². The van der Waals surface area contributed by atoms with Gasteiger partial charge in [0, 0.05) is 17.8 Å². The highest BCUT2D eigenvalue weighted by Crippen LogP contribution is 2.25. The number of carbonyl (C=O) groups is 1. The summed E-state index contributed by atoms with van der Waals surface area (Å²) in [6.07, 6.45) is 2.11. The molecular weight excluding hydrogens is 328 g/mol. The lowest BCUT2D eigenvalue weighted by molar-refractivity contribution is -0.120. The van der Waals surface area contributed by atoms with Crippen LogP contribution in [0.4, 0.5) is 0 Å². The summed E-state index contributed by atoms with van der Waals surface area (Å²) in [5, 5.41) is 5.65. The SMILES string of the molecule is O=C(Cc1ccc(Cl)cc1)NCc1cccnc1-c1cccs1. The third-order valence-corrected chi connectivity index (χ3v) is 4.53. The van der Waals surface area contributed by atoms with Gasteiger partial charge in [-0.3, -0.25) is 9.78 Å². The van der Waals surface area contributed by atoms with Crippen LogP contribution in [0, 0.1) is 0 Å². The van der Waals surface area contributed by atoms with Crippen molar-refractivity contribution in [1.29, 1.82) is 0 Å². The second kappa shape index (κ2) is 7.40. The molecule has 1 amide bonds. The van der Waals surface area contributed by atoms with E-state index in [2.05, 4.69) is 10.3 Å². The minimum Gasteiger partial charge on any atom is -0.352 e. The van der Waals surface area contributed by atoms with Crippen LogP contribution < -0.4 is 5.32 Å². The molecule has 0 bridgehead atoms. The summed E-state index contributed by atoms with van der Waals surface area (Å²) in [5.41, 5.74) is 2.88. The van der Waals surface area contributed by atoms with Crippen molar-refractivity contribution in [3.63, 3.8) is 0 Å². The van der Waals surface area contributed by atoms with Crippen molar-refractivity contribution in [2.24, 2.45) is 0 Å². The smallest absolute Gasteiger partial charge is 0.224 e. The molecule has 1 N–H and O–H groups in total. The lowest BCUT2D eigenvalue weighted by Gasteiger charge is -2.09. The predicted octanol–water partition coefficient (Wildman–Crippen LogP) is 4.32. The van der Waals surface area contributed by atoms with Gasteiger partial charge in [-0.25, -0.2) is 0 Å². The molecule has 3 aromatic rings. The Balaban J connectivity index is 1.64. The zero-order valence-corrected chi connectivity index (χ0v) is 13.9. The number of pyridine rings is 1. The fraction of sp³-hybridized carbons (Fsp3) is 0.111. The second-order valence-corrected chi connectivity index (χ2v) is 6.45. The van der Waals surface area contributed by atoms with Crippen molar-refractivity contribution in [2.75, 3.05) is 0 Å². The summed E-state index contributed by atoms with van der Waals surface area (Å²) in [4.78, 5) is 17.6. The molecule has 0 spiro atoms. The van der Waals surface area contributed by atoms with E-state index < -0.39 is 0 Å². The number of amides is 1. The molecule has 3 nitrogen and oxygen atoms in total. The molecule has 0 atom stereocenters. The van der Waals surface area contributed by atoms with Crippen LogP contribution in [-0.4, -0.2) is 10.9 Å². The maximum atomic E-state index is 12.1. The number of nitrogens with zero attached hydrogens (tertiary/aromatic N) is 1. The summed E-state index contributed by atoms with van der Waals surface area (Å²) in [7, 11) is 0. The van der Waals surface area contributed by atoms with Crippen molar-refractivity contribution in [1.82, 2.24) is 10.3 Å². The normalized spacial score (nSPS) is 10.5.